The number of methoxy groups -OCH3 is 1. The molecule has 2 N–H and O–H groups in total. The zero-order valence-corrected chi connectivity index (χ0v) is 18.8. The molecule has 0 saturated carbocycles. The molecule has 6 heteroatoms. The summed E-state index contributed by atoms with van der Waals surface area (Å²) < 4.78 is 5.35. The quantitative estimate of drug-likeness (QED) is 0.680. The summed E-state index contributed by atoms with van der Waals surface area (Å²) in [6.07, 6.45) is 0. The molecule has 2 aromatic rings. The Morgan fingerprint density at radius 3 is 2.35 bits per heavy atom. The zero-order valence-electron chi connectivity index (χ0n) is 18.8. The van der Waals surface area contributed by atoms with Gasteiger partial charge in [-0.25, -0.2) is 0 Å². The van der Waals surface area contributed by atoms with Gasteiger partial charge in [0.15, 0.2) is 6.54 Å². The van der Waals surface area contributed by atoms with Crippen molar-refractivity contribution in [2.45, 2.75) is 13.0 Å². The molecule has 0 aromatic heterocycles. The van der Waals surface area contributed by atoms with Crippen molar-refractivity contribution in [3.8, 4) is 5.75 Å². The van der Waals surface area contributed by atoms with E-state index in [-0.39, 0.29) is 0 Å². The predicted molar refractivity (Wildman–Crippen MR) is 123 cm³/mol. The first-order valence-corrected chi connectivity index (χ1v) is 11.5. The molecule has 2 heterocycles. The number of nitrogens with zero attached hydrogens (tertiary/aromatic N) is 2. The van der Waals surface area contributed by atoms with E-state index in [4.69, 9.17) is 4.74 Å². The van der Waals surface area contributed by atoms with Gasteiger partial charge in [0.1, 0.15) is 11.8 Å². The fourth-order valence-corrected chi connectivity index (χ4v) is 4.84. The molecular formula is C25H36N4O2+2. The second-order valence-corrected chi connectivity index (χ2v) is 8.79. The lowest BCUT2D eigenvalue weighted by Crippen LogP contribution is -3.16. The molecule has 2 fully saturated rings. The number of carbonyl (C=O) groups is 1. The summed E-state index contributed by atoms with van der Waals surface area (Å²) >= 11 is 0. The summed E-state index contributed by atoms with van der Waals surface area (Å²) in [5, 5.41) is 0. The van der Waals surface area contributed by atoms with Crippen LogP contribution in [0.15, 0.2) is 54.6 Å². The van der Waals surface area contributed by atoms with Crippen LogP contribution in [0.3, 0.4) is 0 Å². The average Bonchev–Trinajstić information content (AvgIpc) is 2.84. The van der Waals surface area contributed by atoms with Gasteiger partial charge in [-0.3, -0.25) is 4.79 Å². The largest absolute Gasteiger partial charge is 0.497 e. The third kappa shape index (κ3) is 5.38. The van der Waals surface area contributed by atoms with Gasteiger partial charge in [-0.1, -0.05) is 36.4 Å². The van der Waals surface area contributed by atoms with Crippen LogP contribution in [0.25, 0.3) is 0 Å². The maximum atomic E-state index is 12.9. The number of rotatable bonds is 6. The lowest BCUT2D eigenvalue weighted by atomic mass is 10.1. The van der Waals surface area contributed by atoms with Gasteiger partial charge >= 0.3 is 0 Å². The van der Waals surface area contributed by atoms with Crippen molar-refractivity contribution in [3.63, 3.8) is 0 Å². The third-order valence-corrected chi connectivity index (χ3v) is 6.96. The maximum Gasteiger partial charge on any atom is 0.278 e. The molecule has 2 aliphatic rings. The van der Waals surface area contributed by atoms with Gasteiger partial charge in [-0.15, -0.1) is 0 Å². The third-order valence-electron chi connectivity index (χ3n) is 6.96. The molecule has 2 saturated heterocycles. The number of benzene rings is 2. The Morgan fingerprint density at radius 2 is 1.68 bits per heavy atom. The van der Waals surface area contributed by atoms with Crippen molar-refractivity contribution >= 4 is 11.6 Å². The number of ether oxygens (including phenoxy) is 1. The van der Waals surface area contributed by atoms with Crippen molar-refractivity contribution in [1.82, 2.24) is 4.90 Å². The zero-order chi connectivity index (χ0) is 21.6. The fraction of sp³-hybridized carbons (Fsp3) is 0.480. The first kappa shape index (κ1) is 21.7. The molecule has 0 spiro atoms. The van der Waals surface area contributed by atoms with Crippen LogP contribution >= 0.6 is 0 Å². The number of anilines is 1. The molecule has 0 aliphatic carbocycles. The number of carbonyl (C=O) groups excluding carboxylic acids is 1. The van der Waals surface area contributed by atoms with E-state index in [2.05, 4.69) is 59.2 Å². The van der Waals surface area contributed by atoms with Crippen LogP contribution in [0.1, 0.15) is 18.5 Å². The molecule has 166 valence electrons. The molecule has 1 amide bonds. The Morgan fingerprint density at radius 1 is 0.968 bits per heavy atom. The highest BCUT2D eigenvalue weighted by atomic mass is 16.5. The van der Waals surface area contributed by atoms with E-state index in [1.165, 1.54) is 16.2 Å². The Kier molecular flexibility index (Phi) is 7.10. The summed E-state index contributed by atoms with van der Waals surface area (Å²) in [5.41, 5.74) is 2.59. The first-order valence-electron chi connectivity index (χ1n) is 11.5. The van der Waals surface area contributed by atoms with Crippen LogP contribution in [0.4, 0.5) is 5.69 Å². The predicted octanol–water partition coefficient (Wildman–Crippen LogP) is -0.112. The summed E-state index contributed by atoms with van der Waals surface area (Å²) in [7, 11) is 1.70. The monoisotopic (exact) mass is 424 g/mol. The minimum Gasteiger partial charge on any atom is -0.497 e. The molecule has 0 bridgehead atoms. The smallest absolute Gasteiger partial charge is 0.278 e. The topological polar surface area (TPSA) is 41.7 Å². The molecular weight excluding hydrogens is 388 g/mol. The minimum absolute atomic E-state index is 0.316. The Bertz CT molecular complexity index is 844. The highest BCUT2D eigenvalue weighted by molar-refractivity contribution is 5.77. The number of piperazine rings is 2. The number of quaternary nitrogens is 2. The van der Waals surface area contributed by atoms with E-state index >= 15 is 0 Å². The SMILES string of the molecule is COc1cccc(N2CC[NH+](CC(=O)N3CC[NH+]([C@H](C)c4ccccc4)CC3)CC2)c1. The molecule has 0 radical (unpaired) electrons. The second-order valence-electron chi connectivity index (χ2n) is 8.79. The molecule has 2 aromatic carbocycles. The highest BCUT2D eigenvalue weighted by Crippen LogP contribution is 2.20. The van der Waals surface area contributed by atoms with E-state index in [0.717, 1.165) is 58.1 Å². The van der Waals surface area contributed by atoms with Gasteiger partial charge in [0.25, 0.3) is 5.91 Å². The van der Waals surface area contributed by atoms with Gasteiger partial charge in [0.2, 0.25) is 0 Å². The molecule has 2 aliphatic heterocycles. The van der Waals surface area contributed by atoms with E-state index in [9.17, 15) is 4.79 Å². The second kappa shape index (κ2) is 10.2. The van der Waals surface area contributed by atoms with Crippen LogP contribution in [-0.4, -0.2) is 76.8 Å². The van der Waals surface area contributed by atoms with Crippen LogP contribution in [0, 0.1) is 0 Å². The van der Waals surface area contributed by atoms with Crippen LogP contribution in [-0.2, 0) is 4.79 Å². The number of amides is 1. The van der Waals surface area contributed by atoms with Crippen LogP contribution < -0.4 is 19.4 Å². The lowest BCUT2D eigenvalue weighted by molar-refractivity contribution is -0.933. The molecule has 0 unspecified atom stereocenters. The maximum absolute atomic E-state index is 12.9. The Hall–Kier alpha value is -2.57. The van der Waals surface area contributed by atoms with E-state index in [1.54, 1.807) is 12.0 Å². The average molecular weight is 425 g/mol. The van der Waals surface area contributed by atoms with Gasteiger partial charge < -0.3 is 24.3 Å². The fourth-order valence-electron chi connectivity index (χ4n) is 4.84. The van der Waals surface area contributed by atoms with Gasteiger partial charge in [-0.2, -0.15) is 0 Å². The van der Waals surface area contributed by atoms with Crippen molar-refractivity contribution in [2.24, 2.45) is 0 Å². The summed E-state index contributed by atoms with van der Waals surface area (Å²) in [6.45, 7) is 10.7. The molecule has 6 nitrogen and oxygen atoms in total. The summed E-state index contributed by atoms with van der Waals surface area (Å²) in [6, 6.07) is 19.4. The van der Waals surface area contributed by atoms with Gasteiger partial charge in [-0.05, 0) is 19.1 Å². The van der Waals surface area contributed by atoms with Gasteiger partial charge in [0, 0.05) is 17.3 Å². The first-order chi connectivity index (χ1) is 15.1. The van der Waals surface area contributed by atoms with Crippen molar-refractivity contribution in [3.05, 3.63) is 60.2 Å². The highest BCUT2D eigenvalue weighted by Gasteiger charge is 2.30. The normalized spacial score (nSPS) is 19.3. The van der Waals surface area contributed by atoms with Crippen molar-refractivity contribution in [2.75, 3.05) is 70.9 Å². The van der Waals surface area contributed by atoms with Crippen molar-refractivity contribution < 1.29 is 19.3 Å². The van der Waals surface area contributed by atoms with E-state index in [0.29, 0.717) is 18.5 Å². The standard InChI is InChI=1S/C25H34N4O2/c1-21(22-7-4-3-5-8-22)27-15-17-29(18-16-27)25(30)20-26-11-13-28(14-12-26)23-9-6-10-24(19-23)31-2/h3-10,19,21H,11-18,20H2,1-2H3/p+2/t21-/m1/s1. The minimum atomic E-state index is 0.316. The van der Waals surface area contributed by atoms with E-state index < -0.39 is 0 Å². The molecule has 4 rings (SSSR count). The lowest BCUT2D eigenvalue weighted by Gasteiger charge is -2.37. The van der Waals surface area contributed by atoms with Gasteiger partial charge in [0.05, 0.1) is 59.5 Å². The van der Waals surface area contributed by atoms with Crippen LogP contribution in [0.5, 0.6) is 5.75 Å². The number of hydrogen-bond acceptors (Lipinski definition) is 3. The Labute approximate surface area is 186 Å². The molecule has 31 heavy (non-hydrogen) atoms. The summed E-state index contributed by atoms with van der Waals surface area (Å²) in [4.78, 5) is 20.4. The van der Waals surface area contributed by atoms with E-state index in [1.807, 2.05) is 12.1 Å². The van der Waals surface area contributed by atoms with Crippen molar-refractivity contribution in [1.29, 1.82) is 0 Å². The summed E-state index contributed by atoms with van der Waals surface area (Å²) in [5.74, 6) is 1.21. The van der Waals surface area contributed by atoms with Crippen LogP contribution in [0.2, 0.25) is 0 Å². The molecule has 1 atom stereocenters. The Balaban J connectivity index is 1.22. The number of hydrogen-bond donors (Lipinski definition) is 2. The number of nitrogens with one attached hydrogen (secondary N) is 2.